The van der Waals surface area contributed by atoms with Crippen LogP contribution in [0, 0.1) is 29.0 Å². The van der Waals surface area contributed by atoms with Gasteiger partial charge in [-0.05, 0) is 98.7 Å². The third-order valence-electron chi connectivity index (χ3n) is 7.26. The van der Waals surface area contributed by atoms with Gasteiger partial charge < -0.3 is 9.73 Å². The molecule has 4 nitrogen and oxygen atoms in total. The van der Waals surface area contributed by atoms with Crippen molar-refractivity contribution in [2.24, 2.45) is 23.2 Å². The predicted octanol–water partition coefficient (Wildman–Crippen LogP) is 5.79. The molecule has 0 spiro atoms. The second-order valence-electron chi connectivity index (χ2n) is 9.36. The van der Waals surface area contributed by atoms with Gasteiger partial charge in [-0.3, -0.25) is 4.79 Å². The lowest BCUT2D eigenvalue weighted by Crippen LogP contribution is -2.51. The highest BCUT2D eigenvalue weighted by Crippen LogP contribution is 2.60. The molecule has 1 aromatic heterocycles. The van der Waals surface area contributed by atoms with E-state index in [0.29, 0.717) is 17.0 Å². The second-order valence-corrected chi connectivity index (χ2v) is 9.36. The summed E-state index contributed by atoms with van der Waals surface area (Å²) in [6.07, 6.45) is 7.11. The Bertz CT molecular complexity index is 1070. The molecule has 148 valence electrons. The molecule has 4 saturated carbocycles. The molecular weight excluding hydrogens is 367 g/mol. The summed E-state index contributed by atoms with van der Waals surface area (Å²) in [5.74, 6) is 2.55. The van der Waals surface area contributed by atoms with E-state index < -0.39 is 0 Å². The average Bonchev–Trinajstić information content (AvgIpc) is 3.11. The minimum atomic E-state index is -0.292. The summed E-state index contributed by atoms with van der Waals surface area (Å²) < 4.78 is 19.0. The van der Waals surface area contributed by atoms with Gasteiger partial charge in [-0.1, -0.05) is 0 Å². The number of hydrogen-bond donors (Lipinski definition) is 1. The first-order valence-electron chi connectivity index (χ1n) is 10.5. The number of anilines is 1. The Kier molecular flexibility index (Phi) is 3.65. The molecule has 0 radical (unpaired) electrons. The van der Waals surface area contributed by atoms with E-state index in [2.05, 4.69) is 10.3 Å². The summed E-state index contributed by atoms with van der Waals surface area (Å²) in [5, 5.41) is 3.18. The van der Waals surface area contributed by atoms with Crippen molar-refractivity contribution in [3.05, 3.63) is 48.3 Å². The van der Waals surface area contributed by atoms with Crippen LogP contribution in [0.15, 0.2) is 46.9 Å². The Morgan fingerprint density at radius 2 is 1.66 bits per heavy atom. The Balaban J connectivity index is 1.26. The number of oxazole rings is 1. The van der Waals surface area contributed by atoms with Crippen molar-refractivity contribution in [2.45, 2.75) is 38.5 Å². The van der Waals surface area contributed by atoms with E-state index in [1.165, 1.54) is 31.4 Å². The predicted molar refractivity (Wildman–Crippen MR) is 109 cm³/mol. The zero-order valence-corrected chi connectivity index (χ0v) is 16.2. The minimum Gasteiger partial charge on any atom is -0.436 e. The van der Waals surface area contributed by atoms with Crippen molar-refractivity contribution in [3.8, 4) is 11.5 Å². The molecule has 0 saturated heterocycles. The number of nitrogens with zero attached hydrogens (tertiary/aromatic N) is 1. The van der Waals surface area contributed by atoms with Gasteiger partial charge in [0.2, 0.25) is 11.8 Å². The van der Waals surface area contributed by atoms with E-state index in [1.54, 1.807) is 12.1 Å². The van der Waals surface area contributed by atoms with Crippen LogP contribution >= 0.6 is 0 Å². The van der Waals surface area contributed by atoms with Crippen LogP contribution in [0.25, 0.3) is 22.6 Å². The monoisotopic (exact) mass is 390 g/mol. The summed E-state index contributed by atoms with van der Waals surface area (Å²) in [5.41, 5.74) is 2.65. The lowest BCUT2D eigenvalue weighted by molar-refractivity contribution is -0.140. The van der Waals surface area contributed by atoms with Crippen LogP contribution in [0.3, 0.4) is 0 Å². The number of halogens is 1. The third kappa shape index (κ3) is 2.86. The van der Waals surface area contributed by atoms with Crippen LogP contribution in [0.1, 0.15) is 38.5 Å². The van der Waals surface area contributed by atoms with Crippen molar-refractivity contribution in [1.82, 2.24) is 4.98 Å². The lowest BCUT2D eigenvalue weighted by atomic mass is 9.49. The van der Waals surface area contributed by atoms with Gasteiger partial charge in [-0.2, -0.15) is 0 Å². The van der Waals surface area contributed by atoms with Crippen molar-refractivity contribution in [2.75, 3.05) is 5.32 Å². The maximum atomic E-state index is 13.3. The number of rotatable bonds is 3. The van der Waals surface area contributed by atoms with Crippen LogP contribution in [0.2, 0.25) is 0 Å². The van der Waals surface area contributed by atoms with Crippen LogP contribution < -0.4 is 5.32 Å². The quantitative estimate of drug-likeness (QED) is 0.616. The van der Waals surface area contributed by atoms with E-state index in [0.717, 1.165) is 48.3 Å². The summed E-state index contributed by atoms with van der Waals surface area (Å²) in [4.78, 5) is 17.8. The number of nitrogens with one attached hydrogen (secondary N) is 1. The molecule has 2 aromatic carbocycles. The normalized spacial score (nSPS) is 30.0. The van der Waals surface area contributed by atoms with Gasteiger partial charge in [-0.25, -0.2) is 9.37 Å². The first-order chi connectivity index (χ1) is 14.1. The van der Waals surface area contributed by atoms with Crippen LogP contribution in [0.4, 0.5) is 10.1 Å². The Morgan fingerprint density at radius 3 is 2.31 bits per heavy atom. The van der Waals surface area contributed by atoms with Gasteiger partial charge in [0.1, 0.15) is 11.3 Å². The molecule has 4 aliphatic rings. The van der Waals surface area contributed by atoms with E-state index >= 15 is 0 Å². The zero-order valence-electron chi connectivity index (χ0n) is 16.2. The molecule has 1 amide bonds. The number of carbonyl (C=O) groups is 1. The fourth-order valence-electron chi connectivity index (χ4n) is 6.37. The Hall–Kier alpha value is -2.69. The number of aromatic nitrogens is 1. The summed E-state index contributed by atoms with van der Waals surface area (Å²) >= 11 is 0. The van der Waals surface area contributed by atoms with Crippen molar-refractivity contribution >= 4 is 22.7 Å². The molecule has 0 aliphatic heterocycles. The molecule has 4 bridgehead atoms. The number of fused-ring (bicyclic) bond motifs is 1. The van der Waals surface area contributed by atoms with Crippen molar-refractivity contribution < 1.29 is 13.6 Å². The SMILES string of the molecule is O=C(Nc1ccc2oc(-c3ccc(F)cc3)nc2c1)C12CC3CC(CC(C3)C1)C2. The number of carbonyl (C=O) groups excluding carboxylic acids is 1. The largest absolute Gasteiger partial charge is 0.436 e. The number of amides is 1. The van der Waals surface area contributed by atoms with Crippen molar-refractivity contribution in [3.63, 3.8) is 0 Å². The zero-order chi connectivity index (χ0) is 19.6. The average molecular weight is 390 g/mol. The second kappa shape index (κ2) is 6.15. The first kappa shape index (κ1) is 17.2. The van der Waals surface area contributed by atoms with Crippen LogP contribution in [-0.2, 0) is 4.79 Å². The van der Waals surface area contributed by atoms with E-state index in [1.807, 2.05) is 18.2 Å². The molecule has 4 fully saturated rings. The minimum absolute atomic E-state index is 0.174. The Labute approximate surface area is 168 Å². The highest BCUT2D eigenvalue weighted by molar-refractivity contribution is 5.97. The maximum Gasteiger partial charge on any atom is 0.230 e. The molecule has 1 heterocycles. The van der Waals surface area contributed by atoms with Crippen molar-refractivity contribution in [1.29, 1.82) is 0 Å². The topological polar surface area (TPSA) is 55.1 Å². The summed E-state index contributed by atoms with van der Waals surface area (Å²) in [6.45, 7) is 0. The van der Waals surface area contributed by atoms with Gasteiger partial charge >= 0.3 is 0 Å². The van der Waals surface area contributed by atoms with E-state index in [-0.39, 0.29) is 17.1 Å². The van der Waals surface area contributed by atoms with Gasteiger partial charge in [-0.15, -0.1) is 0 Å². The molecule has 3 aromatic rings. The molecule has 1 N–H and O–H groups in total. The first-order valence-corrected chi connectivity index (χ1v) is 10.5. The van der Waals surface area contributed by atoms with Gasteiger partial charge in [0.05, 0.1) is 5.41 Å². The summed E-state index contributed by atoms with van der Waals surface area (Å²) in [6, 6.07) is 11.7. The molecule has 5 heteroatoms. The van der Waals surface area contributed by atoms with Crippen LogP contribution in [0.5, 0.6) is 0 Å². The van der Waals surface area contributed by atoms with Gasteiger partial charge in [0, 0.05) is 11.3 Å². The fraction of sp³-hybridized carbons (Fsp3) is 0.417. The molecule has 29 heavy (non-hydrogen) atoms. The highest BCUT2D eigenvalue weighted by atomic mass is 19.1. The highest BCUT2D eigenvalue weighted by Gasteiger charge is 2.54. The maximum absolute atomic E-state index is 13.3. The standard InChI is InChI=1S/C24H23FN2O2/c25-18-3-1-17(2-4-18)22-27-20-10-19(5-6-21(20)29-22)26-23(28)24-11-14-7-15(12-24)9-16(8-14)13-24/h1-6,10,14-16H,7-9,11-13H2,(H,26,28). The molecule has 7 rings (SSSR count). The molecule has 0 unspecified atom stereocenters. The third-order valence-corrected chi connectivity index (χ3v) is 7.26. The summed E-state index contributed by atoms with van der Waals surface area (Å²) in [7, 11) is 0. The van der Waals surface area contributed by atoms with Crippen LogP contribution in [-0.4, -0.2) is 10.9 Å². The lowest BCUT2D eigenvalue weighted by Gasteiger charge is -2.55. The van der Waals surface area contributed by atoms with E-state index in [4.69, 9.17) is 4.42 Å². The number of benzene rings is 2. The smallest absolute Gasteiger partial charge is 0.230 e. The van der Waals surface area contributed by atoms with E-state index in [9.17, 15) is 9.18 Å². The Morgan fingerprint density at radius 1 is 1.00 bits per heavy atom. The fourth-order valence-corrected chi connectivity index (χ4v) is 6.37. The van der Waals surface area contributed by atoms with Gasteiger partial charge in [0.15, 0.2) is 5.58 Å². The molecular formula is C24H23FN2O2. The van der Waals surface area contributed by atoms with Gasteiger partial charge in [0.25, 0.3) is 0 Å². The molecule has 0 atom stereocenters. The number of hydrogen-bond acceptors (Lipinski definition) is 3. The molecule has 4 aliphatic carbocycles.